The van der Waals surface area contributed by atoms with Gasteiger partial charge in [-0.3, -0.25) is 9.59 Å². The van der Waals surface area contributed by atoms with Crippen LogP contribution in [-0.4, -0.2) is 28.3 Å². The number of hydrazone groups is 1. The lowest BCUT2D eigenvalue weighted by atomic mass is 10.2. The third-order valence-electron chi connectivity index (χ3n) is 2.83. The van der Waals surface area contributed by atoms with Crippen LogP contribution >= 0.6 is 11.8 Å². The Balaban J connectivity index is 1.84. The second-order valence-corrected chi connectivity index (χ2v) is 6.19. The molecule has 24 heavy (non-hydrogen) atoms. The highest BCUT2D eigenvalue weighted by molar-refractivity contribution is 8.00. The predicted octanol–water partition coefficient (Wildman–Crippen LogP) is 2.64. The largest absolute Gasteiger partial charge is 0.427 e. The molecule has 0 unspecified atom stereocenters. The zero-order valence-electron chi connectivity index (χ0n) is 13.3. The Labute approximate surface area is 144 Å². The van der Waals surface area contributed by atoms with Gasteiger partial charge in [0.25, 0.3) is 5.91 Å². The SMILES string of the molecule is CC(=O)Oc1ccc(/C=N\NC(=O)[C@H](C)Sc2ccccn2)cc1. The number of nitrogens with zero attached hydrogens (tertiary/aromatic N) is 2. The summed E-state index contributed by atoms with van der Waals surface area (Å²) in [6, 6.07) is 12.3. The van der Waals surface area contributed by atoms with Crippen LogP contribution in [0.3, 0.4) is 0 Å². The number of esters is 1. The molecule has 0 fully saturated rings. The van der Waals surface area contributed by atoms with Crippen LogP contribution in [0.15, 0.2) is 58.8 Å². The fraction of sp³-hybridized carbons (Fsp3) is 0.176. The molecule has 1 heterocycles. The average Bonchev–Trinajstić information content (AvgIpc) is 2.56. The van der Waals surface area contributed by atoms with Crippen molar-refractivity contribution in [1.82, 2.24) is 10.4 Å². The Morgan fingerprint density at radius 2 is 2.00 bits per heavy atom. The molecule has 1 amide bonds. The number of hydrogen-bond donors (Lipinski definition) is 1. The fourth-order valence-electron chi connectivity index (χ4n) is 1.70. The van der Waals surface area contributed by atoms with Gasteiger partial charge in [-0.15, -0.1) is 0 Å². The van der Waals surface area contributed by atoms with Gasteiger partial charge in [0, 0.05) is 13.1 Å². The van der Waals surface area contributed by atoms with Gasteiger partial charge in [0.05, 0.1) is 16.5 Å². The minimum atomic E-state index is -0.372. The first-order valence-electron chi connectivity index (χ1n) is 7.23. The van der Waals surface area contributed by atoms with Gasteiger partial charge < -0.3 is 4.74 Å². The number of carbonyl (C=O) groups excluding carboxylic acids is 2. The summed E-state index contributed by atoms with van der Waals surface area (Å²) in [7, 11) is 0. The summed E-state index contributed by atoms with van der Waals surface area (Å²) in [5, 5.41) is 4.40. The minimum Gasteiger partial charge on any atom is -0.427 e. The number of ether oxygens (including phenoxy) is 1. The van der Waals surface area contributed by atoms with Gasteiger partial charge in [-0.2, -0.15) is 5.10 Å². The van der Waals surface area contributed by atoms with E-state index >= 15 is 0 Å². The molecule has 0 aliphatic heterocycles. The second kappa shape index (κ2) is 8.83. The summed E-state index contributed by atoms with van der Waals surface area (Å²) >= 11 is 1.36. The molecule has 1 atom stereocenters. The van der Waals surface area contributed by atoms with E-state index in [1.807, 2.05) is 18.2 Å². The van der Waals surface area contributed by atoms with E-state index in [-0.39, 0.29) is 17.1 Å². The first-order valence-corrected chi connectivity index (χ1v) is 8.11. The van der Waals surface area contributed by atoms with Crippen molar-refractivity contribution in [2.45, 2.75) is 24.1 Å². The number of hydrogen-bond acceptors (Lipinski definition) is 6. The lowest BCUT2D eigenvalue weighted by Gasteiger charge is -2.08. The van der Waals surface area contributed by atoms with Crippen LogP contribution in [0.2, 0.25) is 0 Å². The molecular weight excluding hydrogens is 326 g/mol. The average molecular weight is 343 g/mol. The molecular formula is C17H17N3O3S. The summed E-state index contributed by atoms with van der Waals surface area (Å²) in [4.78, 5) is 27.0. The van der Waals surface area contributed by atoms with Gasteiger partial charge in [0.15, 0.2) is 0 Å². The number of thioether (sulfide) groups is 1. The maximum absolute atomic E-state index is 12.0. The Hall–Kier alpha value is -2.67. The molecule has 7 heteroatoms. The highest BCUT2D eigenvalue weighted by Gasteiger charge is 2.13. The summed E-state index contributed by atoms with van der Waals surface area (Å²) < 4.78 is 4.94. The van der Waals surface area contributed by atoms with Crippen LogP contribution in [0.4, 0.5) is 0 Å². The number of nitrogens with one attached hydrogen (secondary N) is 1. The maximum atomic E-state index is 12.0. The summed E-state index contributed by atoms with van der Waals surface area (Å²) in [6.45, 7) is 3.13. The lowest BCUT2D eigenvalue weighted by molar-refractivity contribution is -0.131. The molecule has 0 aliphatic carbocycles. The molecule has 0 spiro atoms. The molecule has 0 saturated heterocycles. The van der Waals surface area contributed by atoms with Crippen molar-refractivity contribution in [2.75, 3.05) is 0 Å². The number of aromatic nitrogens is 1. The highest BCUT2D eigenvalue weighted by Crippen LogP contribution is 2.20. The van der Waals surface area contributed by atoms with Crippen molar-refractivity contribution >= 4 is 29.9 Å². The van der Waals surface area contributed by atoms with Crippen molar-refractivity contribution in [3.05, 3.63) is 54.2 Å². The van der Waals surface area contributed by atoms with Crippen molar-refractivity contribution in [3.63, 3.8) is 0 Å². The van der Waals surface area contributed by atoms with E-state index in [2.05, 4.69) is 15.5 Å². The first-order chi connectivity index (χ1) is 11.5. The van der Waals surface area contributed by atoms with Gasteiger partial charge in [-0.25, -0.2) is 10.4 Å². The molecule has 0 aliphatic rings. The lowest BCUT2D eigenvalue weighted by Crippen LogP contribution is -2.26. The minimum absolute atomic E-state index is 0.210. The van der Waals surface area contributed by atoms with E-state index in [9.17, 15) is 9.59 Å². The molecule has 124 valence electrons. The molecule has 2 rings (SSSR count). The Morgan fingerprint density at radius 3 is 2.62 bits per heavy atom. The molecule has 1 N–H and O–H groups in total. The molecule has 2 aromatic rings. The molecule has 1 aromatic carbocycles. The number of amides is 1. The predicted molar refractivity (Wildman–Crippen MR) is 93.0 cm³/mol. The summed E-state index contributed by atoms with van der Waals surface area (Å²) in [6.07, 6.45) is 3.21. The highest BCUT2D eigenvalue weighted by atomic mass is 32.2. The van der Waals surface area contributed by atoms with Crippen LogP contribution < -0.4 is 10.2 Å². The normalized spacial score (nSPS) is 11.9. The van der Waals surface area contributed by atoms with Crippen molar-refractivity contribution in [2.24, 2.45) is 5.10 Å². The maximum Gasteiger partial charge on any atom is 0.308 e. The molecule has 0 radical (unpaired) electrons. The van der Waals surface area contributed by atoms with Crippen LogP contribution in [0.1, 0.15) is 19.4 Å². The van der Waals surface area contributed by atoms with E-state index in [1.165, 1.54) is 24.9 Å². The first kappa shape index (κ1) is 17.7. The summed E-state index contributed by atoms with van der Waals surface area (Å²) in [5.74, 6) is -0.120. The molecule has 1 aromatic heterocycles. The van der Waals surface area contributed by atoms with Gasteiger partial charge >= 0.3 is 5.97 Å². The smallest absolute Gasteiger partial charge is 0.308 e. The van der Waals surface area contributed by atoms with Crippen molar-refractivity contribution < 1.29 is 14.3 Å². The van der Waals surface area contributed by atoms with Crippen LogP contribution in [0.5, 0.6) is 5.75 Å². The molecule has 6 nitrogen and oxygen atoms in total. The van der Waals surface area contributed by atoms with E-state index in [1.54, 1.807) is 37.4 Å². The third kappa shape index (κ3) is 5.85. The Bertz CT molecular complexity index is 718. The zero-order valence-corrected chi connectivity index (χ0v) is 14.1. The van der Waals surface area contributed by atoms with Gasteiger partial charge in [0.1, 0.15) is 5.75 Å². The Morgan fingerprint density at radius 1 is 1.25 bits per heavy atom. The zero-order chi connectivity index (χ0) is 17.4. The van der Waals surface area contributed by atoms with Gasteiger partial charge in [-0.1, -0.05) is 17.8 Å². The monoisotopic (exact) mass is 343 g/mol. The van der Waals surface area contributed by atoms with E-state index in [0.29, 0.717) is 5.75 Å². The molecule has 0 saturated carbocycles. The third-order valence-corrected chi connectivity index (χ3v) is 3.89. The number of carbonyl (C=O) groups is 2. The number of rotatable bonds is 6. The van der Waals surface area contributed by atoms with E-state index < -0.39 is 0 Å². The standard InChI is InChI=1S/C17H17N3O3S/c1-12(24-16-5-3-4-10-18-16)17(22)20-19-11-14-6-8-15(9-7-14)23-13(2)21/h3-12H,1-2H3,(H,20,22)/b19-11-/t12-/m0/s1. The number of pyridine rings is 1. The number of benzene rings is 1. The summed E-state index contributed by atoms with van der Waals surface area (Å²) in [5.41, 5.74) is 3.27. The second-order valence-electron chi connectivity index (χ2n) is 4.82. The topological polar surface area (TPSA) is 80.6 Å². The van der Waals surface area contributed by atoms with Crippen LogP contribution in [-0.2, 0) is 9.59 Å². The molecule has 0 bridgehead atoms. The van der Waals surface area contributed by atoms with E-state index in [0.717, 1.165) is 10.6 Å². The van der Waals surface area contributed by atoms with Gasteiger partial charge in [-0.05, 0) is 48.9 Å². The van der Waals surface area contributed by atoms with Crippen molar-refractivity contribution in [1.29, 1.82) is 0 Å². The van der Waals surface area contributed by atoms with Crippen LogP contribution in [0.25, 0.3) is 0 Å². The van der Waals surface area contributed by atoms with Crippen molar-refractivity contribution in [3.8, 4) is 5.75 Å². The fourth-order valence-corrected chi connectivity index (χ4v) is 2.50. The quantitative estimate of drug-likeness (QED) is 0.287. The van der Waals surface area contributed by atoms with Gasteiger partial charge in [0.2, 0.25) is 0 Å². The van der Waals surface area contributed by atoms with E-state index in [4.69, 9.17) is 4.74 Å². The van der Waals surface area contributed by atoms with Crippen LogP contribution in [0, 0.1) is 0 Å². The Kier molecular flexibility index (Phi) is 6.51.